The fraction of sp³-hybridized carbons (Fsp3) is 0.455. The second-order valence-corrected chi connectivity index (χ2v) is 4.57. The molecule has 0 amide bonds. The molecule has 0 aromatic heterocycles. The molecule has 84 valence electrons. The monoisotopic (exact) mass is 291 g/mol. The lowest BCUT2D eigenvalue weighted by molar-refractivity contribution is 0.195. The first-order chi connectivity index (χ1) is 7.17. The Morgan fingerprint density at radius 2 is 2.27 bits per heavy atom. The van der Waals surface area contributed by atoms with Crippen molar-refractivity contribution in [3.05, 3.63) is 27.7 Å². The molecule has 1 unspecified atom stereocenters. The van der Waals surface area contributed by atoms with E-state index in [1.165, 1.54) is 0 Å². The minimum atomic E-state index is 0.187. The average molecular weight is 293 g/mol. The predicted octanol–water partition coefficient (Wildman–Crippen LogP) is 3.48. The zero-order chi connectivity index (χ0) is 11.3. The van der Waals surface area contributed by atoms with Crippen LogP contribution in [0, 0.1) is 0 Å². The number of likely N-dealkylation sites (N-methyl/N-ethyl adjacent to an activating group) is 1. The molecular weight excluding hydrogens is 277 g/mol. The van der Waals surface area contributed by atoms with Gasteiger partial charge in [0.25, 0.3) is 0 Å². The molecule has 2 nitrogen and oxygen atoms in total. The molecule has 0 spiro atoms. The van der Waals surface area contributed by atoms with Crippen molar-refractivity contribution in [1.29, 1.82) is 0 Å². The lowest BCUT2D eigenvalue weighted by Crippen LogP contribution is -2.28. The van der Waals surface area contributed by atoms with Crippen molar-refractivity contribution in [3.8, 4) is 5.75 Å². The van der Waals surface area contributed by atoms with Gasteiger partial charge >= 0.3 is 0 Å². The highest BCUT2D eigenvalue weighted by atomic mass is 79.9. The number of benzene rings is 1. The first-order valence-corrected chi connectivity index (χ1v) is 6.10. The molecule has 0 saturated carbocycles. The molecule has 0 heterocycles. The van der Waals surface area contributed by atoms with Crippen LogP contribution in [0.25, 0.3) is 0 Å². The molecule has 1 N–H and O–H groups in total. The number of ether oxygens (including phenoxy) is 1. The van der Waals surface area contributed by atoms with Crippen molar-refractivity contribution in [1.82, 2.24) is 5.32 Å². The third kappa shape index (κ3) is 4.01. The molecule has 15 heavy (non-hydrogen) atoms. The molecule has 0 radical (unpaired) electrons. The van der Waals surface area contributed by atoms with Crippen molar-refractivity contribution in [2.75, 3.05) is 13.6 Å². The van der Waals surface area contributed by atoms with Crippen molar-refractivity contribution in [3.63, 3.8) is 0 Å². The summed E-state index contributed by atoms with van der Waals surface area (Å²) >= 11 is 9.28. The first-order valence-electron chi connectivity index (χ1n) is 4.93. The normalized spacial score (nSPS) is 12.5. The number of hydrogen-bond acceptors (Lipinski definition) is 2. The van der Waals surface area contributed by atoms with Crippen LogP contribution in [0.2, 0.25) is 5.02 Å². The Bertz CT molecular complexity index is 319. The van der Waals surface area contributed by atoms with Crippen LogP contribution in [0.4, 0.5) is 0 Å². The van der Waals surface area contributed by atoms with Crippen LogP contribution in [0.3, 0.4) is 0 Å². The van der Waals surface area contributed by atoms with E-state index in [9.17, 15) is 0 Å². The highest BCUT2D eigenvalue weighted by Crippen LogP contribution is 2.28. The maximum atomic E-state index is 5.85. The van der Waals surface area contributed by atoms with Crippen molar-refractivity contribution in [2.24, 2.45) is 0 Å². The summed E-state index contributed by atoms with van der Waals surface area (Å²) in [6.07, 6.45) is 1.16. The van der Waals surface area contributed by atoms with E-state index >= 15 is 0 Å². The second-order valence-electron chi connectivity index (χ2n) is 3.28. The molecule has 0 aliphatic heterocycles. The van der Waals surface area contributed by atoms with Crippen molar-refractivity contribution >= 4 is 27.5 Å². The predicted molar refractivity (Wildman–Crippen MR) is 67.8 cm³/mol. The largest absolute Gasteiger partial charge is 0.488 e. The van der Waals surface area contributed by atoms with Crippen molar-refractivity contribution in [2.45, 2.75) is 19.4 Å². The molecule has 1 aromatic carbocycles. The minimum Gasteiger partial charge on any atom is -0.488 e. The third-order valence-corrected chi connectivity index (χ3v) is 2.93. The molecule has 0 aliphatic carbocycles. The maximum absolute atomic E-state index is 5.85. The Morgan fingerprint density at radius 1 is 1.53 bits per heavy atom. The first kappa shape index (κ1) is 12.8. The number of hydrogen-bond donors (Lipinski definition) is 1. The zero-order valence-corrected chi connectivity index (χ0v) is 11.2. The van der Waals surface area contributed by atoms with E-state index in [0.29, 0.717) is 5.02 Å². The summed E-state index contributed by atoms with van der Waals surface area (Å²) < 4.78 is 6.71. The van der Waals surface area contributed by atoms with E-state index in [0.717, 1.165) is 23.2 Å². The lowest BCUT2D eigenvalue weighted by atomic mass is 10.2. The molecule has 0 bridgehead atoms. The van der Waals surface area contributed by atoms with Gasteiger partial charge in [-0.2, -0.15) is 0 Å². The van der Waals surface area contributed by atoms with Gasteiger partial charge in [-0.25, -0.2) is 0 Å². The Balaban J connectivity index is 2.70. The highest BCUT2D eigenvalue weighted by Gasteiger charge is 2.09. The number of nitrogens with one attached hydrogen (secondary N) is 1. The summed E-state index contributed by atoms with van der Waals surface area (Å²) in [4.78, 5) is 0. The topological polar surface area (TPSA) is 21.3 Å². The van der Waals surface area contributed by atoms with E-state index in [-0.39, 0.29) is 6.10 Å². The Hall–Kier alpha value is -0.250. The van der Waals surface area contributed by atoms with E-state index in [1.807, 2.05) is 25.2 Å². The molecule has 4 heteroatoms. The van der Waals surface area contributed by atoms with E-state index < -0.39 is 0 Å². The second kappa shape index (κ2) is 6.36. The smallest absolute Gasteiger partial charge is 0.134 e. The summed E-state index contributed by atoms with van der Waals surface area (Å²) in [5, 5.41) is 3.81. The Morgan fingerprint density at radius 3 is 2.80 bits per heavy atom. The van der Waals surface area contributed by atoms with Gasteiger partial charge in [0.2, 0.25) is 0 Å². The van der Waals surface area contributed by atoms with Crippen molar-refractivity contribution < 1.29 is 4.74 Å². The lowest BCUT2D eigenvalue weighted by Gasteiger charge is -2.18. The summed E-state index contributed by atoms with van der Waals surface area (Å²) in [6.45, 7) is 2.94. The van der Waals surface area contributed by atoms with E-state index in [1.54, 1.807) is 0 Å². The minimum absolute atomic E-state index is 0.187. The van der Waals surface area contributed by atoms with Crippen LogP contribution < -0.4 is 10.1 Å². The summed E-state index contributed by atoms with van der Waals surface area (Å²) in [7, 11) is 1.92. The van der Waals surface area contributed by atoms with Crippen LogP contribution in [-0.2, 0) is 0 Å². The van der Waals surface area contributed by atoms with E-state index in [4.69, 9.17) is 16.3 Å². The summed E-state index contributed by atoms with van der Waals surface area (Å²) in [6, 6.07) is 5.54. The van der Waals surface area contributed by atoms with Crippen LogP contribution in [-0.4, -0.2) is 19.7 Å². The van der Waals surface area contributed by atoms with Crippen LogP contribution in [0.15, 0.2) is 22.7 Å². The van der Waals surface area contributed by atoms with Gasteiger partial charge in [-0.15, -0.1) is 0 Å². The molecule has 0 aliphatic rings. The zero-order valence-electron chi connectivity index (χ0n) is 8.89. The quantitative estimate of drug-likeness (QED) is 0.897. The number of halogens is 2. The molecule has 1 aromatic rings. The van der Waals surface area contributed by atoms with Gasteiger partial charge in [-0.05, 0) is 47.6 Å². The molecule has 1 atom stereocenters. The maximum Gasteiger partial charge on any atom is 0.134 e. The van der Waals surface area contributed by atoms with Gasteiger partial charge in [0.05, 0.1) is 4.47 Å². The SMILES string of the molecule is CCC(CNC)Oc1ccc(Cl)cc1Br. The van der Waals surface area contributed by atoms with Gasteiger partial charge in [-0.1, -0.05) is 18.5 Å². The summed E-state index contributed by atoms with van der Waals surface area (Å²) in [5.41, 5.74) is 0. The molecule has 0 fully saturated rings. The Labute approximate surface area is 104 Å². The Kier molecular flexibility index (Phi) is 5.43. The van der Waals surface area contributed by atoms with Gasteiger partial charge in [0.15, 0.2) is 0 Å². The standard InChI is InChI=1S/C11H15BrClNO/c1-3-9(7-14-2)15-11-5-4-8(13)6-10(11)12/h4-6,9,14H,3,7H2,1-2H3. The van der Waals surface area contributed by atoms with Crippen LogP contribution in [0.5, 0.6) is 5.75 Å². The van der Waals surface area contributed by atoms with Gasteiger partial charge < -0.3 is 10.1 Å². The van der Waals surface area contributed by atoms with Gasteiger partial charge in [0, 0.05) is 11.6 Å². The van der Waals surface area contributed by atoms with E-state index in [2.05, 4.69) is 28.2 Å². The fourth-order valence-electron chi connectivity index (χ4n) is 1.25. The fourth-order valence-corrected chi connectivity index (χ4v) is 2.02. The molecule has 1 rings (SSSR count). The van der Waals surface area contributed by atoms with Crippen LogP contribution in [0.1, 0.15) is 13.3 Å². The van der Waals surface area contributed by atoms with Gasteiger partial charge in [0.1, 0.15) is 11.9 Å². The van der Waals surface area contributed by atoms with Crippen LogP contribution >= 0.6 is 27.5 Å². The molecule has 0 saturated heterocycles. The molecular formula is C11H15BrClNO. The highest BCUT2D eigenvalue weighted by molar-refractivity contribution is 9.10. The average Bonchev–Trinajstić information content (AvgIpc) is 2.21. The van der Waals surface area contributed by atoms with Gasteiger partial charge in [-0.3, -0.25) is 0 Å². The number of rotatable bonds is 5. The third-order valence-electron chi connectivity index (χ3n) is 2.07. The summed E-state index contributed by atoms with van der Waals surface area (Å²) in [5.74, 6) is 0.835.